The summed E-state index contributed by atoms with van der Waals surface area (Å²) in [6.45, 7) is 2.14. The molecule has 0 aromatic rings. The lowest BCUT2D eigenvalue weighted by atomic mass is 10.1. The van der Waals surface area contributed by atoms with Crippen molar-refractivity contribution in [2.45, 2.75) is 70.8 Å². The summed E-state index contributed by atoms with van der Waals surface area (Å²) in [7, 11) is 0. The summed E-state index contributed by atoms with van der Waals surface area (Å²) < 4.78 is 0. The van der Waals surface area contributed by atoms with Crippen molar-refractivity contribution < 1.29 is 15.0 Å². The first-order chi connectivity index (χ1) is 12.2. The monoisotopic (exact) mass is 346 g/mol. The van der Waals surface area contributed by atoms with Gasteiger partial charge in [-0.2, -0.15) is 0 Å². The van der Waals surface area contributed by atoms with Gasteiger partial charge in [-0.15, -0.1) is 0 Å². The summed E-state index contributed by atoms with van der Waals surface area (Å²) in [5, 5.41) is 18.3. The minimum absolute atomic E-state index is 0.216. The van der Waals surface area contributed by atoms with Gasteiger partial charge in [-0.1, -0.05) is 80.5 Å². The van der Waals surface area contributed by atoms with Gasteiger partial charge in [0.1, 0.15) is 0 Å². The average molecular weight is 347 g/mol. The second kappa shape index (κ2) is 18.5. The lowest BCUT2D eigenvalue weighted by Gasteiger charge is -2.03. The molecule has 0 heterocycles. The number of aliphatic hydroxyl groups is 1. The first-order valence-corrected chi connectivity index (χ1v) is 9.35. The Hall–Kier alpha value is -1.87. The van der Waals surface area contributed by atoms with Gasteiger partial charge in [-0.25, -0.2) is 0 Å². The van der Waals surface area contributed by atoms with Crippen LogP contribution in [0.5, 0.6) is 0 Å². The normalized spacial score (nSPS) is 14.0. The van der Waals surface area contributed by atoms with Crippen molar-refractivity contribution >= 4 is 5.97 Å². The lowest BCUT2D eigenvalue weighted by molar-refractivity contribution is -0.137. The maximum Gasteiger partial charge on any atom is 0.303 e. The fourth-order valence-electron chi connectivity index (χ4n) is 2.14. The molecule has 0 spiro atoms. The number of hydrogen-bond donors (Lipinski definition) is 2. The number of aliphatic carboxylic acids is 1. The zero-order valence-corrected chi connectivity index (χ0v) is 15.5. The fraction of sp³-hybridized carbons (Fsp3) is 0.500. The van der Waals surface area contributed by atoms with Crippen LogP contribution in [0.2, 0.25) is 0 Å². The molecule has 0 rings (SSSR count). The van der Waals surface area contributed by atoms with Crippen LogP contribution >= 0.6 is 0 Å². The van der Waals surface area contributed by atoms with Gasteiger partial charge in [0.25, 0.3) is 0 Å². The highest BCUT2D eigenvalue weighted by molar-refractivity contribution is 5.66. The van der Waals surface area contributed by atoms with Gasteiger partial charge in [0, 0.05) is 6.42 Å². The molecule has 140 valence electrons. The largest absolute Gasteiger partial charge is 0.481 e. The van der Waals surface area contributed by atoms with E-state index in [0.29, 0.717) is 12.8 Å². The Morgan fingerprint density at radius 1 is 0.840 bits per heavy atom. The molecule has 1 unspecified atom stereocenters. The number of carbonyl (C=O) groups is 1. The average Bonchev–Trinajstić information content (AvgIpc) is 2.58. The summed E-state index contributed by atoms with van der Waals surface area (Å²) >= 11 is 0. The molecule has 0 aliphatic rings. The third kappa shape index (κ3) is 20.1. The molecule has 25 heavy (non-hydrogen) atoms. The van der Waals surface area contributed by atoms with Crippen molar-refractivity contribution in [2.24, 2.45) is 0 Å². The van der Waals surface area contributed by atoms with Gasteiger partial charge in [-0.3, -0.25) is 4.79 Å². The number of unbranched alkanes of at least 4 members (excludes halogenated alkanes) is 2. The van der Waals surface area contributed by atoms with Crippen molar-refractivity contribution in [1.82, 2.24) is 0 Å². The molecule has 0 saturated heterocycles. The molecule has 0 aliphatic heterocycles. The van der Waals surface area contributed by atoms with Crippen LogP contribution in [-0.4, -0.2) is 22.3 Å². The highest BCUT2D eigenvalue weighted by atomic mass is 16.4. The maximum absolute atomic E-state index is 10.4. The molecule has 0 fully saturated rings. The minimum atomic E-state index is -0.750. The van der Waals surface area contributed by atoms with Gasteiger partial charge >= 0.3 is 5.97 Å². The van der Waals surface area contributed by atoms with Gasteiger partial charge in [-0.05, 0) is 38.5 Å². The van der Waals surface area contributed by atoms with E-state index in [1.807, 2.05) is 12.2 Å². The molecule has 0 aromatic carbocycles. The molecule has 3 heteroatoms. The Labute approximate surface area is 153 Å². The van der Waals surface area contributed by atoms with Crippen LogP contribution in [0.15, 0.2) is 60.8 Å². The number of carboxylic acids is 1. The van der Waals surface area contributed by atoms with Crippen LogP contribution in [0.1, 0.15) is 64.7 Å². The van der Waals surface area contributed by atoms with Crippen molar-refractivity contribution in [2.75, 3.05) is 0 Å². The van der Waals surface area contributed by atoms with E-state index in [1.165, 1.54) is 0 Å². The van der Waals surface area contributed by atoms with Gasteiger partial charge in [0.15, 0.2) is 0 Å². The number of hydrogen-bond acceptors (Lipinski definition) is 2. The van der Waals surface area contributed by atoms with E-state index >= 15 is 0 Å². The van der Waals surface area contributed by atoms with Crippen LogP contribution in [-0.2, 0) is 4.79 Å². The van der Waals surface area contributed by atoms with E-state index in [1.54, 1.807) is 6.08 Å². The predicted octanol–water partition coefficient (Wildman–Crippen LogP) is 5.74. The molecule has 0 radical (unpaired) electrons. The van der Waals surface area contributed by atoms with E-state index in [9.17, 15) is 9.90 Å². The van der Waals surface area contributed by atoms with Gasteiger partial charge in [0.2, 0.25) is 0 Å². The molecule has 1 atom stereocenters. The molecule has 0 aliphatic carbocycles. The van der Waals surface area contributed by atoms with Crippen molar-refractivity contribution in [3.8, 4) is 0 Å². The van der Waals surface area contributed by atoms with Crippen molar-refractivity contribution in [3.05, 3.63) is 60.8 Å². The standard InChI is InChI=1S/C22H34O3/c1-2-3-4-5-6-7-8-9-10-11-12-13-15-18-21(23)19-16-14-17-20-22(24)25/h3-4,6-7,9-10,12-13,15,18,21,23H,2,5,8,11,14,16-17,19-20H2,1H3,(H,24,25)/b4-3-,7-6-,10-9-,13-12-,18-15+. The Morgan fingerprint density at radius 2 is 1.44 bits per heavy atom. The third-order valence-corrected chi connectivity index (χ3v) is 3.52. The van der Waals surface area contributed by atoms with Crippen LogP contribution in [0, 0.1) is 0 Å². The summed E-state index contributed by atoms with van der Waals surface area (Å²) in [4.78, 5) is 10.4. The fourth-order valence-corrected chi connectivity index (χ4v) is 2.14. The second-order valence-corrected chi connectivity index (χ2v) is 5.90. The van der Waals surface area contributed by atoms with E-state index < -0.39 is 12.1 Å². The number of carboxylic acid groups (broad SMARTS) is 1. The number of allylic oxidation sites excluding steroid dienone is 9. The summed E-state index contributed by atoms with van der Waals surface area (Å²) in [6, 6.07) is 0. The Balaban J connectivity index is 3.61. The highest BCUT2D eigenvalue weighted by Gasteiger charge is 2.00. The molecule has 0 amide bonds. The summed E-state index contributed by atoms with van der Waals surface area (Å²) in [5.74, 6) is -0.750. The van der Waals surface area contributed by atoms with E-state index in [4.69, 9.17) is 5.11 Å². The first-order valence-electron chi connectivity index (χ1n) is 9.35. The Kier molecular flexibility index (Phi) is 17.1. The van der Waals surface area contributed by atoms with Crippen LogP contribution in [0.25, 0.3) is 0 Å². The molecule has 0 saturated carbocycles. The second-order valence-electron chi connectivity index (χ2n) is 5.90. The van der Waals surface area contributed by atoms with E-state index in [2.05, 4.69) is 49.5 Å². The molecule has 3 nitrogen and oxygen atoms in total. The van der Waals surface area contributed by atoms with Crippen LogP contribution in [0.4, 0.5) is 0 Å². The zero-order chi connectivity index (χ0) is 18.6. The van der Waals surface area contributed by atoms with Gasteiger partial charge in [0.05, 0.1) is 6.10 Å². The first kappa shape index (κ1) is 23.1. The predicted molar refractivity (Wildman–Crippen MR) is 107 cm³/mol. The lowest BCUT2D eigenvalue weighted by Crippen LogP contribution is -2.01. The molecular weight excluding hydrogens is 312 g/mol. The number of aliphatic hydroxyl groups excluding tert-OH is 1. The summed E-state index contributed by atoms with van der Waals surface area (Å²) in [5.41, 5.74) is 0. The Morgan fingerprint density at radius 3 is 2.04 bits per heavy atom. The zero-order valence-electron chi connectivity index (χ0n) is 15.5. The molecular formula is C22H34O3. The SMILES string of the molecule is CC/C=C\C/C=C\C/C=C\C/C=C\C=C\C(O)CCCCCC(=O)O. The molecule has 0 bridgehead atoms. The smallest absolute Gasteiger partial charge is 0.303 e. The summed E-state index contributed by atoms with van der Waals surface area (Å²) in [6.07, 6.45) is 27.4. The van der Waals surface area contributed by atoms with Crippen LogP contribution in [0.3, 0.4) is 0 Å². The topological polar surface area (TPSA) is 57.5 Å². The third-order valence-electron chi connectivity index (χ3n) is 3.52. The van der Waals surface area contributed by atoms with E-state index in [-0.39, 0.29) is 6.42 Å². The molecule has 2 N–H and O–H groups in total. The maximum atomic E-state index is 10.4. The van der Waals surface area contributed by atoms with Crippen molar-refractivity contribution in [3.63, 3.8) is 0 Å². The number of rotatable bonds is 15. The highest BCUT2D eigenvalue weighted by Crippen LogP contribution is 2.06. The van der Waals surface area contributed by atoms with Gasteiger partial charge < -0.3 is 10.2 Å². The van der Waals surface area contributed by atoms with Crippen molar-refractivity contribution in [1.29, 1.82) is 0 Å². The minimum Gasteiger partial charge on any atom is -0.481 e. The Bertz CT molecular complexity index is 456. The molecule has 0 aromatic heterocycles. The quantitative estimate of drug-likeness (QED) is 0.226. The van der Waals surface area contributed by atoms with E-state index in [0.717, 1.165) is 38.5 Å². The van der Waals surface area contributed by atoms with Crippen LogP contribution < -0.4 is 0 Å².